The highest BCUT2D eigenvalue weighted by Crippen LogP contribution is 2.70. The molecule has 4 rings (SSSR count). The molecule has 7 atom stereocenters. The van der Waals surface area contributed by atoms with Crippen LogP contribution in [0.5, 0.6) is 0 Å². The highest BCUT2D eigenvalue weighted by molar-refractivity contribution is 5.93. The second-order valence-electron chi connectivity index (χ2n) is 11.2. The number of fused-ring (bicyclic) bond motifs is 4. The largest absolute Gasteiger partial charge is 0.455 e. The van der Waals surface area contributed by atoms with Gasteiger partial charge in [0.05, 0.1) is 12.0 Å². The van der Waals surface area contributed by atoms with E-state index in [2.05, 4.69) is 20.8 Å². The van der Waals surface area contributed by atoms with Gasteiger partial charge in [-0.2, -0.15) is 0 Å². The number of aliphatic hydroxyl groups is 3. The lowest BCUT2D eigenvalue weighted by Gasteiger charge is -2.48. The predicted octanol–water partition coefficient (Wildman–Crippen LogP) is 3.09. The van der Waals surface area contributed by atoms with E-state index in [1.54, 1.807) is 13.0 Å². The van der Waals surface area contributed by atoms with Gasteiger partial charge in [-0.1, -0.05) is 52.2 Å². The number of carbonyl (C=O) groups is 2. The maximum Gasteiger partial charge on any atom is 0.306 e. The first kappa shape index (κ1) is 23.7. The van der Waals surface area contributed by atoms with Crippen LogP contribution >= 0.6 is 0 Å². The number of carbonyl (C=O) groups excluding carboxylic acids is 2. The zero-order valence-corrected chi connectivity index (χ0v) is 20.0. The number of ether oxygens (including phenoxy) is 1. The van der Waals surface area contributed by atoms with Crippen molar-refractivity contribution in [2.45, 2.75) is 91.0 Å². The SMILES string of the molecule is CCCCCC(=O)O[C@H]1C(C)=C[C@]23C(=O)CC(=C(CO)[C@@H](O)[C@]12O)[C@H]1[C@@H](C[C@H]3C)C1(C)C. The fourth-order valence-corrected chi connectivity index (χ4v) is 7.31. The van der Waals surface area contributed by atoms with Crippen LogP contribution in [0.25, 0.3) is 0 Å². The fraction of sp³-hybridized carbons (Fsp3) is 0.769. The molecular formula is C26H38O6. The van der Waals surface area contributed by atoms with Crippen LogP contribution in [0.4, 0.5) is 0 Å². The number of Topliss-reactive ketones (excluding diaryl/α,β-unsaturated/α-hetero) is 1. The Bertz CT molecular complexity index is 885. The van der Waals surface area contributed by atoms with Gasteiger partial charge in [-0.25, -0.2) is 0 Å². The summed E-state index contributed by atoms with van der Waals surface area (Å²) in [4.78, 5) is 26.5. The first-order chi connectivity index (χ1) is 15.0. The third-order valence-electron chi connectivity index (χ3n) is 9.12. The fourth-order valence-electron chi connectivity index (χ4n) is 7.31. The van der Waals surface area contributed by atoms with Crippen LogP contribution in [-0.2, 0) is 14.3 Å². The second-order valence-corrected chi connectivity index (χ2v) is 11.2. The Morgan fingerprint density at radius 1 is 1.28 bits per heavy atom. The third-order valence-corrected chi connectivity index (χ3v) is 9.12. The van der Waals surface area contributed by atoms with Crippen molar-refractivity contribution in [3.63, 3.8) is 0 Å². The molecule has 32 heavy (non-hydrogen) atoms. The van der Waals surface area contributed by atoms with Gasteiger partial charge in [0.15, 0.2) is 11.7 Å². The predicted molar refractivity (Wildman–Crippen MR) is 119 cm³/mol. The average molecular weight is 447 g/mol. The van der Waals surface area contributed by atoms with Crippen molar-refractivity contribution in [3.8, 4) is 0 Å². The first-order valence-electron chi connectivity index (χ1n) is 12.1. The standard InChI is InChI=1S/C26H38O6/c1-6-7-8-9-20(29)32-23-14(2)12-25-15(3)10-18-21(24(18,4)5)16(11-19(25)28)17(13-27)22(30)26(23,25)31/h12,15,18,21-23,27,30-31H,6-11,13H2,1-5H3/t15-,18-,21+,22-,23+,25+,26+/m1/s1. The summed E-state index contributed by atoms with van der Waals surface area (Å²) >= 11 is 0. The zero-order valence-electron chi connectivity index (χ0n) is 20.0. The molecule has 0 aromatic rings. The van der Waals surface area contributed by atoms with Gasteiger partial charge in [0.1, 0.15) is 11.9 Å². The van der Waals surface area contributed by atoms with E-state index in [4.69, 9.17) is 4.74 Å². The molecule has 0 aromatic heterocycles. The van der Waals surface area contributed by atoms with Gasteiger partial charge in [0, 0.05) is 12.8 Å². The monoisotopic (exact) mass is 446 g/mol. The summed E-state index contributed by atoms with van der Waals surface area (Å²) in [7, 11) is 0. The number of aliphatic hydroxyl groups excluding tert-OH is 2. The summed E-state index contributed by atoms with van der Waals surface area (Å²) in [5, 5.41) is 34.2. The molecule has 0 saturated heterocycles. The molecule has 0 amide bonds. The lowest BCUT2D eigenvalue weighted by molar-refractivity contribution is -0.203. The first-order valence-corrected chi connectivity index (χ1v) is 12.1. The van der Waals surface area contributed by atoms with Crippen LogP contribution in [0.2, 0.25) is 0 Å². The molecule has 2 fully saturated rings. The minimum atomic E-state index is -2.03. The molecule has 1 spiro atoms. The number of hydrogen-bond acceptors (Lipinski definition) is 6. The Balaban J connectivity index is 1.82. The molecule has 0 unspecified atom stereocenters. The molecular weight excluding hydrogens is 408 g/mol. The van der Waals surface area contributed by atoms with Crippen LogP contribution in [0.3, 0.4) is 0 Å². The van der Waals surface area contributed by atoms with Gasteiger partial charge in [-0.15, -0.1) is 0 Å². The number of unbranched alkanes of at least 4 members (excludes halogenated alkanes) is 2. The number of ketones is 1. The van der Waals surface area contributed by atoms with E-state index in [0.29, 0.717) is 23.5 Å². The van der Waals surface area contributed by atoms with E-state index in [0.717, 1.165) is 24.8 Å². The Labute approximate surface area is 190 Å². The summed E-state index contributed by atoms with van der Waals surface area (Å²) in [6, 6.07) is 0. The van der Waals surface area contributed by atoms with E-state index in [1.807, 2.05) is 6.92 Å². The molecule has 2 saturated carbocycles. The van der Waals surface area contributed by atoms with Crippen LogP contribution in [0, 0.1) is 28.6 Å². The zero-order chi connectivity index (χ0) is 23.6. The summed E-state index contributed by atoms with van der Waals surface area (Å²) in [5.74, 6) is -0.425. The summed E-state index contributed by atoms with van der Waals surface area (Å²) < 4.78 is 5.79. The van der Waals surface area contributed by atoms with Crippen LogP contribution in [-0.4, -0.2) is 51.5 Å². The maximum atomic E-state index is 13.9. The lowest BCUT2D eigenvalue weighted by atomic mass is 9.59. The topological polar surface area (TPSA) is 104 Å². The van der Waals surface area contributed by atoms with Gasteiger partial charge in [0.2, 0.25) is 0 Å². The molecule has 3 N–H and O–H groups in total. The van der Waals surface area contributed by atoms with Crippen molar-refractivity contribution in [3.05, 3.63) is 22.8 Å². The van der Waals surface area contributed by atoms with Crippen molar-refractivity contribution in [1.82, 2.24) is 0 Å². The molecule has 2 bridgehead atoms. The van der Waals surface area contributed by atoms with E-state index < -0.39 is 35.8 Å². The minimum absolute atomic E-state index is 0.0203. The van der Waals surface area contributed by atoms with Gasteiger partial charge >= 0.3 is 5.97 Å². The molecule has 6 nitrogen and oxygen atoms in total. The Morgan fingerprint density at radius 3 is 2.59 bits per heavy atom. The highest BCUT2D eigenvalue weighted by Gasteiger charge is 2.74. The molecule has 4 aliphatic rings. The Morgan fingerprint density at radius 2 is 1.97 bits per heavy atom. The number of esters is 1. The van der Waals surface area contributed by atoms with Crippen molar-refractivity contribution < 1.29 is 29.6 Å². The highest BCUT2D eigenvalue weighted by atomic mass is 16.6. The van der Waals surface area contributed by atoms with Crippen molar-refractivity contribution >= 4 is 11.8 Å². The van der Waals surface area contributed by atoms with Gasteiger partial charge in [-0.3, -0.25) is 9.59 Å². The Kier molecular flexibility index (Phi) is 5.75. The van der Waals surface area contributed by atoms with Gasteiger partial charge in [-0.05, 0) is 54.1 Å². The van der Waals surface area contributed by atoms with E-state index >= 15 is 0 Å². The molecule has 178 valence electrons. The molecule has 0 radical (unpaired) electrons. The van der Waals surface area contributed by atoms with Crippen molar-refractivity contribution in [2.75, 3.05) is 6.61 Å². The van der Waals surface area contributed by atoms with Crippen molar-refractivity contribution in [1.29, 1.82) is 0 Å². The summed E-state index contributed by atoms with van der Waals surface area (Å²) in [6.07, 6.45) is 2.77. The number of allylic oxidation sites excluding steroid dienone is 1. The van der Waals surface area contributed by atoms with Crippen LogP contribution in [0.1, 0.15) is 73.1 Å². The van der Waals surface area contributed by atoms with E-state index in [-0.39, 0.29) is 35.9 Å². The quantitative estimate of drug-likeness (QED) is 0.329. The second kappa shape index (κ2) is 7.78. The van der Waals surface area contributed by atoms with Crippen LogP contribution < -0.4 is 0 Å². The molecule has 0 aliphatic heterocycles. The molecule has 0 aromatic carbocycles. The third kappa shape index (κ3) is 2.95. The van der Waals surface area contributed by atoms with E-state index in [9.17, 15) is 24.9 Å². The molecule has 0 heterocycles. The maximum absolute atomic E-state index is 13.9. The minimum Gasteiger partial charge on any atom is -0.455 e. The van der Waals surface area contributed by atoms with Crippen molar-refractivity contribution in [2.24, 2.45) is 28.6 Å². The van der Waals surface area contributed by atoms with Gasteiger partial charge < -0.3 is 20.1 Å². The molecule has 6 heteroatoms. The average Bonchev–Trinajstić information content (AvgIpc) is 3.17. The summed E-state index contributed by atoms with van der Waals surface area (Å²) in [5.41, 5.74) is -1.73. The summed E-state index contributed by atoms with van der Waals surface area (Å²) in [6.45, 7) is 9.67. The normalized spacial score (nSPS) is 41.9. The number of hydrogen-bond donors (Lipinski definition) is 3. The van der Waals surface area contributed by atoms with Gasteiger partial charge in [0.25, 0.3) is 0 Å². The Hall–Kier alpha value is -1.50. The van der Waals surface area contributed by atoms with E-state index in [1.165, 1.54) is 0 Å². The lowest BCUT2D eigenvalue weighted by Crippen LogP contribution is -2.65. The molecule has 4 aliphatic carbocycles. The van der Waals surface area contributed by atoms with Crippen LogP contribution in [0.15, 0.2) is 22.8 Å². The number of rotatable bonds is 6. The smallest absolute Gasteiger partial charge is 0.306 e.